The molecule has 0 atom stereocenters. The SMILES string of the molecule is NC1(c2noc(-c3sccc3S(=O)(=O)N3CCCC3)n2)CCC1. The number of hydrogen-bond donors (Lipinski definition) is 1. The predicted octanol–water partition coefficient (Wildman–Crippen LogP) is 1.92. The predicted molar refractivity (Wildman–Crippen MR) is 85.3 cm³/mol. The monoisotopic (exact) mass is 354 g/mol. The summed E-state index contributed by atoms with van der Waals surface area (Å²) >= 11 is 1.29. The van der Waals surface area contributed by atoms with Gasteiger partial charge in [0.2, 0.25) is 10.0 Å². The van der Waals surface area contributed by atoms with E-state index in [4.69, 9.17) is 10.3 Å². The maximum Gasteiger partial charge on any atom is 0.269 e. The molecule has 23 heavy (non-hydrogen) atoms. The number of sulfonamides is 1. The zero-order valence-electron chi connectivity index (χ0n) is 12.6. The van der Waals surface area contributed by atoms with Gasteiger partial charge in [-0.1, -0.05) is 5.16 Å². The number of aromatic nitrogens is 2. The second-order valence-electron chi connectivity index (χ2n) is 6.16. The number of nitrogens with two attached hydrogens (primary N) is 1. The third-order valence-corrected chi connectivity index (χ3v) is 7.60. The summed E-state index contributed by atoms with van der Waals surface area (Å²) in [6, 6.07) is 1.61. The Morgan fingerprint density at radius 2 is 2.00 bits per heavy atom. The summed E-state index contributed by atoms with van der Waals surface area (Å²) in [7, 11) is -3.51. The van der Waals surface area contributed by atoms with E-state index in [1.165, 1.54) is 15.6 Å². The molecule has 0 bridgehead atoms. The molecule has 4 rings (SSSR count). The molecule has 1 aliphatic heterocycles. The highest BCUT2D eigenvalue weighted by atomic mass is 32.2. The first kappa shape index (κ1) is 15.3. The van der Waals surface area contributed by atoms with Crippen molar-refractivity contribution < 1.29 is 12.9 Å². The molecule has 0 aromatic carbocycles. The Bertz CT molecular complexity index is 817. The van der Waals surface area contributed by atoms with Crippen LogP contribution in [-0.2, 0) is 15.6 Å². The molecule has 2 aliphatic rings. The molecule has 1 saturated heterocycles. The summed E-state index contributed by atoms with van der Waals surface area (Å²) in [5.41, 5.74) is 5.69. The van der Waals surface area contributed by atoms with E-state index < -0.39 is 15.6 Å². The molecule has 2 N–H and O–H groups in total. The molecule has 3 heterocycles. The van der Waals surface area contributed by atoms with Crippen LogP contribution in [0.5, 0.6) is 0 Å². The molecule has 1 saturated carbocycles. The highest BCUT2D eigenvalue weighted by molar-refractivity contribution is 7.89. The largest absolute Gasteiger partial charge is 0.333 e. The molecule has 9 heteroatoms. The van der Waals surface area contributed by atoms with Gasteiger partial charge in [0.15, 0.2) is 5.82 Å². The van der Waals surface area contributed by atoms with Gasteiger partial charge in [0.05, 0.1) is 5.54 Å². The van der Waals surface area contributed by atoms with E-state index in [0.29, 0.717) is 23.8 Å². The lowest BCUT2D eigenvalue weighted by Crippen LogP contribution is -2.44. The van der Waals surface area contributed by atoms with Crippen molar-refractivity contribution in [3.05, 3.63) is 17.3 Å². The van der Waals surface area contributed by atoms with Crippen molar-refractivity contribution in [1.29, 1.82) is 0 Å². The van der Waals surface area contributed by atoms with Gasteiger partial charge in [0.25, 0.3) is 5.89 Å². The molecule has 2 aromatic heterocycles. The van der Waals surface area contributed by atoms with Crippen LogP contribution in [0.1, 0.15) is 37.9 Å². The van der Waals surface area contributed by atoms with Crippen LogP contribution in [0.2, 0.25) is 0 Å². The van der Waals surface area contributed by atoms with Gasteiger partial charge in [-0.05, 0) is 43.6 Å². The topological polar surface area (TPSA) is 102 Å². The molecule has 124 valence electrons. The van der Waals surface area contributed by atoms with Crippen LogP contribution in [0, 0.1) is 0 Å². The Morgan fingerprint density at radius 1 is 1.26 bits per heavy atom. The quantitative estimate of drug-likeness (QED) is 0.900. The summed E-state index contributed by atoms with van der Waals surface area (Å²) in [5.74, 6) is 0.709. The van der Waals surface area contributed by atoms with Gasteiger partial charge in [-0.15, -0.1) is 11.3 Å². The second-order valence-corrected chi connectivity index (χ2v) is 8.98. The van der Waals surface area contributed by atoms with Gasteiger partial charge in [-0.2, -0.15) is 9.29 Å². The van der Waals surface area contributed by atoms with Crippen LogP contribution in [0.4, 0.5) is 0 Å². The number of thiophene rings is 1. The third kappa shape index (κ3) is 2.42. The molecule has 2 aromatic rings. The Hall–Kier alpha value is -1.29. The standard InChI is InChI=1S/C14H18N4O3S2/c15-14(5-3-6-14)13-16-12(21-17-13)11-10(4-9-22-11)23(19,20)18-7-1-2-8-18/h4,9H,1-3,5-8,15H2. The Labute approximate surface area is 138 Å². The molecular weight excluding hydrogens is 336 g/mol. The molecule has 0 spiro atoms. The average molecular weight is 354 g/mol. The van der Waals surface area contributed by atoms with Crippen molar-refractivity contribution in [1.82, 2.24) is 14.4 Å². The van der Waals surface area contributed by atoms with Crippen molar-refractivity contribution in [3.63, 3.8) is 0 Å². The molecule has 0 amide bonds. The molecular formula is C14H18N4O3S2. The first-order valence-corrected chi connectivity index (χ1v) is 10.0. The summed E-state index contributed by atoms with van der Waals surface area (Å²) in [5, 5.41) is 5.71. The van der Waals surface area contributed by atoms with Crippen LogP contribution in [-0.4, -0.2) is 36.0 Å². The van der Waals surface area contributed by atoms with Gasteiger partial charge >= 0.3 is 0 Å². The fourth-order valence-electron chi connectivity index (χ4n) is 3.02. The van der Waals surface area contributed by atoms with Crippen LogP contribution >= 0.6 is 11.3 Å². The summed E-state index contributed by atoms with van der Waals surface area (Å²) in [4.78, 5) is 5.12. The van der Waals surface area contributed by atoms with Gasteiger partial charge in [-0.3, -0.25) is 0 Å². The van der Waals surface area contributed by atoms with Crippen molar-refractivity contribution in [2.45, 2.75) is 42.5 Å². The summed E-state index contributed by atoms with van der Waals surface area (Å²) in [6.45, 7) is 1.14. The van der Waals surface area contributed by atoms with Gasteiger partial charge < -0.3 is 10.3 Å². The average Bonchev–Trinajstić information content (AvgIpc) is 3.23. The first-order chi connectivity index (χ1) is 11.0. The maximum absolute atomic E-state index is 12.8. The van der Waals surface area contributed by atoms with E-state index in [0.717, 1.165) is 32.1 Å². The highest BCUT2D eigenvalue weighted by Gasteiger charge is 2.40. The third-order valence-electron chi connectivity index (χ3n) is 4.62. The minimum Gasteiger partial charge on any atom is -0.333 e. The van der Waals surface area contributed by atoms with Crippen molar-refractivity contribution in [2.75, 3.05) is 13.1 Å². The zero-order valence-corrected chi connectivity index (χ0v) is 14.2. The minimum absolute atomic E-state index is 0.240. The zero-order chi connectivity index (χ0) is 16.1. The molecule has 0 radical (unpaired) electrons. The van der Waals surface area contributed by atoms with Crippen LogP contribution in [0.25, 0.3) is 10.8 Å². The van der Waals surface area contributed by atoms with Crippen molar-refractivity contribution in [3.8, 4) is 10.8 Å². The van der Waals surface area contributed by atoms with Gasteiger partial charge in [0, 0.05) is 13.1 Å². The lowest BCUT2D eigenvalue weighted by Gasteiger charge is -2.34. The molecule has 2 fully saturated rings. The Balaban J connectivity index is 1.70. The molecule has 1 aliphatic carbocycles. The maximum atomic E-state index is 12.8. The molecule has 7 nitrogen and oxygen atoms in total. The number of rotatable bonds is 4. The van der Waals surface area contributed by atoms with E-state index in [1.807, 2.05) is 0 Å². The van der Waals surface area contributed by atoms with Crippen LogP contribution in [0.3, 0.4) is 0 Å². The van der Waals surface area contributed by atoms with E-state index in [-0.39, 0.29) is 10.8 Å². The Morgan fingerprint density at radius 3 is 2.65 bits per heavy atom. The fourth-order valence-corrected chi connectivity index (χ4v) is 5.86. The molecule has 0 unspecified atom stereocenters. The normalized spacial score (nSPS) is 21.4. The summed E-state index contributed by atoms with van der Waals surface area (Å²) in [6.07, 6.45) is 4.51. The van der Waals surface area contributed by atoms with Crippen LogP contribution in [0.15, 0.2) is 20.9 Å². The lowest BCUT2D eigenvalue weighted by molar-refractivity contribution is 0.229. The number of hydrogen-bond acceptors (Lipinski definition) is 7. The van der Waals surface area contributed by atoms with Gasteiger partial charge in [-0.25, -0.2) is 8.42 Å². The second kappa shape index (κ2) is 5.37. The summed E-state index contributed by atoms with van der Waals surface area (Å²) < 4.78 is 32.4. The van der Waals surface area contributed by atoms with Crippen molar-refractivity contribution in [2.24, 2.45) is 5.73 Å². The number of nitrogens with zero attached hydrogens (tertiary/aromatic N) is 3. The minimum atomic E-state index is -3.51. The van der Waals surface area contributed by atoms with E-state index >= 15 is 0 Å². The van der Waals surface area contributed by atoms with Gasteiger partial charge in [0.1, 0.15) is 9.77 Å². The fraction of sp³-hybridized carbons (Fsp3) is 0.571. The Kier molecular flexibility index (Phi) is 3.56. The highest BCUT2D eigenvalue weighted by Crippen LogP contribution is 2.39. The van der Waals surface area contributed by atoms with Crippen molar-refractivity contribution >= 4 is 21.4 Å². The first-order valence-electron chi connectivity index (χ1n) is 7.72. The smallest absolute Gasteiger partial charge is 0.269 e. The van der Waals surface area contributed by atoms with E-state index in [2.05, 4.69) is 10.1 Å². The van der Waals surface area contributed by atoms with Crippen LogP contribution < -0.4 is 5.73 Å². The lowest BCUT2D eigenvalue weighted by atomic mass is 9.77. The van der Waals surface area contributed by atoms with E-state index in [9.17, 15) is 8.42 Å². The van der Waals surface area contributed by atoms with E-state index in [1.54, 1.807) is 11.4 Å².